The highest BCUT2D eigenvalue weighted by Gasteiger charge is 2.30. The highest BCUT2D eigenvalue weighted by molar-refractivity contribution is 7.21. The highest BCUT2D eigenvalue weighted by atomic mass is 35.5. The van der Waals surface area contributed by atoms with Crippen LogP contribution in [0.1, 0.15) is 31.1 Å². The van der Waals surface area contributed by atoms with E-state index in [1.807, 2.05) is 44.2 Å². The third-order valence-corrected chi connectivity index (χ3v) is 6.00. The predicted octanol–water partition coefficient (Wildman–Crippen LogP) is 2.88. The smallest absolute Gasteiger partial charge is 0.341 e. The number of benzene rings is 1. The van der Waals surface area contributed by atoms with Crippen LogP contribution in [-0.2, 0) is 14.3 Å². The van der Waals surface area contributed by atoms with Crippen LogP contribution in [0.5, 0.6) is 0 Å². The summed E-state index contributed by atoms with van der Waals surface area (Å²) in [5.74, 6) is -0.657. The number of amides is 1. The molecule has 2 N–H and O–H groups in total. The van der Waals surface area contributed by atoms with Crippen LogP contribution in [0.2, 0.25) is 4.34 Å². The molecule has 1 aromatic heterocycles. The van der Waals surface area contributed by atoms with Crippen molar-refractivity contribution in [2.45, 2.75) is 33.0 Å². The first-order valence-electron chi connectivity index (χ1n) is 9.72. The van der Waals surface area contributed by atoms with Crippen molar-refractivity contribution in [2.75, 3.05) is 31.6 Å². The average Bonchev–Trinajstić information content (AvgIpc) is 2.97. The Balaban J connectivity index is 1.85. The summed E-state index contributed by atoms with van der Waals surface area (Å²) >= 11 is 7.66. The number of anilines is 1. The Morgan fingerprint density at radius 3 is 2.52 bits per heavy atom. The highest BCUT2D eigenvalue weighted by Crippen LogP contribution is 2.43. The Morgan fingerprint density at radius 1 is 1.24 bits per heavy atom. The number of hydrogen-bond donors (Lipinski definition) is 2. The van der Waals surface area contributed by atoms with Gasteiger partial charge >= 0.3 is 5.97 Å². The Labute approximate surface area is 179 Å². The zero-order chi connectivity index (χ0) is 21.0. The number of ether oxygens (including phenoxy) is 2. The summed E-state index contributed by atoms with van der Waals surface area (Å²) in [6.45, 7) is 7.84. The van der Waals surface area contributed by atoms with E-state index in [0.29, 0.717) is 27.0 Å². The second-order valence-electron chi connectivity index (χ2n) is 7.18. The van der Waals surface area contributed by atoms with Crippen molar-refractivity contribution in [3.8, 4) is 11.1 Å². The lowest BCUT2D eigenvalue weighted by atomic mass is 10.0. The van der Waals surface area contributed by atoms with Crippen molar-refractivity contribution in [3.05, 3.63) is 40.2 Å². The molecule has 2 heterocycles. The fourth-order valence-electron chi connectivity index (χ4n) is 3.68. The van der Waals surface area contributed by atoms with Crippen molar-refractivity contribution < 1.29 is 24.0 Å². The maximum absolute atomic E-state index is 12.7. The first-order chi connectivity index (χ1) is 13.9. The number of carbonyl (C=O) groups is 2. The Hall–Kier alpha value is -1.93. The van der Waals surface area contributed by atoms with Gasteiger partial charge in [0.25, 0.3) is 5.91 Å². The van der Waals surface area contributed by atoms with Crippen LogP contribution in [0.3, 0.4) is 0 Å². The van der Waals surface area contributed by atoms with Gasteiger partial charge in [-0.25, -0.2) is 4.79 Å². The number of rotatable bonds is 6. The quantitative estimate of drug-likeness (QED) is 0.682. The topological polar surface area (TPSA) is 69.1 Å². The molecule has 156 valence electrons. The summed E-state index contributed by atoms with van der Waals surface area (Å²) in [5, 5.41) is 3.31. The Kier molecular flexibility index (Phi) is 7.29. The number of thiophene rings is 1. The average molecular weight is 438 g/mol. The molecule has 0 bridgehead atoms. The number of hydrogen-bond acceptors (Lipinski definition) is 5. The van der Waals surface area contributed by atoms with Crippen molar-refractivity contribution in [2.24, 2.45) is 0 Å². The zero-order valence-corrected chi connectivity index (χ0v) is 18.4. The first-order valence-corrected chi connectivity index (χ1v) is 10.9. The van der Waals surface area contributed by atoms with Crippen LogP contribution in [0, 0.1) is 0 Å². The molecule has 0 aliphatic carbocycles. The van der Waals surface area contributed by atoms with Crippen LogP contribution in [0.4, 0.5) is 5.00 Å². The maximum Gasteiger partial charge on any atom is 0.341 e. The van der Waals surface area contributed by atoms with Crippen molar-refractivity contribution >= 4 is 39.8 Å². The van der Waals surface area contributed by atoms with Crippen molar-refractivity contribution in [1.29, 1.82) is 0 Å². The van der Waals surface area contributed by atoms with E-state index >= 15 is 0 Å². The van der Waals surface area contributed by atoms with Gasteiger partial charge in [-0.1, -0.05) is 41.9 Å². The van der Waals surface area contributed by atoms with Crippen LogP contribution < -0.4 is 10.2 Å². The molecule has 1 amide bonds. The molecule has 1 aliphatic rings. The third-order valence-electron chi connectivity index (χ3n) is 4.69. The van der Waals surface area contributed by atoms with Crippen molar-refractivity contribution in [3.63, 3.8) is 0 Å². The standard InChI is InChI=1S/C21H25ClN2O4S/c1-4-27-21(26)18-17(15-8-6-5-7-9-15)19(22)29-20(18)23-16(25)12-24-10-13(2)28-14(3)11-24/h5-9,13-14H,4,10-12H2,1-3H3,(H,23,25)/p+1. The normalized spacial score (nSPS) is 21.6. The Bertz CT molecular complexity index is 861. The largest absolute Gasteiger partial charge is 0.462 e. The summed E-state index contributed by atoms with van der Waals surface area (Å²) < 4.78 is 11.4. The van der Waals surface area contributed by atoms with E-state index in [9.17, 15) is 9.59 Å². The minimum atomic E-state index is -0.495. The maximum atomic E-state index is 12.7. The molecule has 3 rings (SSSR count). The minimum Gasteiger partial charge on any atom is -0.462 e. The number of morpholine rings is 1. The molecule has 1 aromatic carbocycles. The molecule has 2 atom stereocenters. The fraction of sp³-hybridized carbons (Fsp3) is 0.429. The van der Waals surface area contributed by atoms with Gasteiger partial charge in [-0.05, 0) is 26.3 Å². The molecule has 1 aliphatic heterocycles. The predicted molar refractivity (Wildman–Crippen MR) is 115 cm³/mol. The van der Waals surface area contributed by atoms with Gasteiger partial charge in [0.1, 0.15) is 40.2 Å². The number of halogens is 1. The zero-order valence-electron chi connectivity index (χ0n) is 16.8. The van der Waals surface area contributed by atoms with E-state index in [2.05, 4.69) is 5.32 Å². The van der Waals surface area contributed by atoms with Gasteiger partial charge in [0.2, 0.25) is 0 Å². The fourth-order valence-corrected chi connectivity index (χ4v) is 5.07. The first kappa shape index (κ1) is 21.8. The molecule has 0 radical (unpaired) electrons. The van der Waals surface area contributed by atoms with Crippen LogP contribution in [0.25, 0.3) is 11.1 Å². The van der Waals surface area contributed by atoms with Gasteiger partial charge in [-0.2, -0.15) is 0 Å². The summed E-state index contributed by atoms with van der Waals surface area (Å²) in [5.41, 5.74) is 1.70. The van der Waals surface area contributed by atoms with E-state index in [0.717, 1.165) is 23.6 Å². The summed E-state index contributed by atoms with van der Waals surface area (Å²) in [6.07, 6.45) is 0.218. The summed E-state index contributed by atoms with van der Waals surface area (Å²) in [6, 6.07) is 9.40. The van der Waals surface area contributed by atoms with Gasteiger partial charge in [-0.3, -0.25) is 4.79 Å². The number of carbonyl (C=O) groups excluding carboxylic acids is 2. The molecular weight excluding hydrogens is 412 g/mol. The van der Waals surface area contributed by atoms with Gasteiger partial charge in [0.15, 0.2) is 6.54 Å². The van der Waals surface area contributed by atoms with Gasteiger partial charge in [-0.15, -0.1) is 11.3 Å². The number of esters is 1. The lowest BCUT2D eigenvalue weighted by Gasteiger charge is -2.31. The van der Waals surface area contributed by atoms with E-state index in [4.69, 9.17) is 21.1 Å². The van der Waals surface area contributed by atoms with Gasteiger partial charge in [0, 0.05) is 5.56 Å². The lowest BCUT2D eigenvalue weighted by Crippen LogP contribution is -3.16. The molecule has 8 heteroatoms. The lowest BCUT2D eigenvalue weighted by molar-refractivity contribution is -0.907. The van der Waals surface area contributed by atoms with E-state index < -0.39 is 5.97 Å². The third kappa shape index (κ3) is 5.36. The second-order valence-corrected chi connectivity index (χ2v) is 8.80. The number of quaternary nitrogens is 1. The van der Waals surface area contributed by atoms with Gasteiger partial charge < -0.3 is 19.7 Å². The second kappa shape index (κ2) is 9.71. The molecule has 2 unspecified atom stereocenters. The molecule has 1 saturated heterocycles. The monoisotopic (exact) mass is 437 g/mol. The Morgan fingerprint density at radius 2 is 1.90 bits per heavy atom. The van der Waals surface area contributed by atoms with E-state index in [1.54, 1.807) is 6.92 Å². The van der Waals surface area contributed by atoms with Crippen LogP contribution >= 0.6 is 22.9 Å². The summed E-state index contributed by atoms with van der Waals surface area (Å²) in [7, 11) is 0. The summed E-state index contributed by atoms with van der Waals surface area (Å²) in [4.78, 5) is 26.6. The molecule has 2 aromatic rings. The van der Waals surface area contributed by atoms with Crippen LogP contribution in [0.15, 0.2) is 30.3 Å². The van der Waals surface area contributed by atoms with Gasteiger partial charge in [0.05, 0.1) is 6.61 Å². The van der Waals surface area contributed by atoms with E-state index in [-0.39, 0.29) is 24.7 Å². The molecule has 0 saturated carbocycles. The molecule has 1 fully saturated rings. The molecule has 29 heavy (non-hydrogen) atoms. The molecule has 6 nitrogen and oxygen atoms in total. The van der Waals surface area contributed by atoms with Crippen LogP contribution in [-0.4, -0.2) is 50.3 Å². The molecular formula is C21H26ClN2O4S+. The van der Waals surface area contributed by atoms with Crippen molar-refractivity contribution in [1.82, 2.24) is 0 Å². The van der Waals surface area contributed by atoms with E-state index in [1.165, 1.54) is 11.3 Å². The minimum absolute atomic E-state index is 0.109. The SMILES string of the molecule is CCOC(=O)c1c(NC(=O)C[NH+]2CC(C)OC(C)C2)sc(Cl)c1-c1ccccc1. The number of nitrogens with one attached hydrogen (secondary N) is 2. The molecule has 0 spiro atoms.